The fourth-order valence-corrected chi connectivity index (χ4v) is 2.13. The molecular formula is C10H18ClNO. The van der Waals surface area contributed by atoms with Crippen LogP contribution in [0.5, 0.6) is 0 Å². The smallest absolute Gasteiger partial charge is 0.0700 e. The van der Waals surface area contributed by atoms with Crippen molar-refractivity contribution in [3.63, 3.8) is 0 Å². The molecule has 1 heterocycles. The van der Waals surface area contributed by atoms with Crippen molar-refractivity contribution < 1.29 is 4.74 Å². The first-order chi connectivity index (χ1) is 6.12. The van der Waals surface area contributed by atoms with Crippen molar-refractivity contribution >= 4 is 11.6 Å². The minimum atomic E-state index is 0.0578. The van der Waals surface area contributed by atoms with Crippen LogP contribution in [0, 0.1) is 0 Å². The molecule has 1 saturated carbocycles. The Hall–Kier alpha value is 0.210. The Morgan fingerprint density at radius 3 is 2.69 bits per heavy atom. The van der Waals surface area contributed by atoms with Crippen LogP contribution in [0.3, 0.4) is 0 Å². The Kier molecular flexibility index (Phi) is 2.56. The van der Waals surface area contributed by atoms with Gasteiger partial charge in [0.25, 0.3) is 0 Å². The van der Waals surface area contributed by atoms with Gasteiger partial charge < -0.3 is 10.1 Å². The van der Waals surface area contributed by atoms with E-state index in [1.165, 1.54) is 0 Å². The van der Waals surface area contributed by atoms with Crippen LogP contribution in [0.4, 0.5) is 0 Å². The molecule has 3 atom stereocenters. The highest BCUT2D eigenvalue weighted by Gasteiger charge is 2.46. The van der Waals surface area contributed by atoms with Gasteiger partial charge >= 0.3 is 0 Å². The van der Waals surface area contributed by atoms with Crippen LogP contribution in [-0.4, -0.2) is 29.7 Å². The van der Waals surface area contributed by atoms with Gasteiger partial charge in [-0.2, -0.15) is 0 Å². The second-order valence-electron chi connectivity index (χ2n) is 4.39. The fourth-order valence-electron chi connectivity index (χ4n) is 1.97. The highest BCUT2D eigenvalue weighted by atomic mass is 35.5. The number of hydrogen-bond donors (Lipinski definition) is 1. The summed E-state index contributed by atoms with van der Waals surface area (Å²) < 4.78 is 5.49. The monoisotopic (exact) mass is 203 g/mol. The van der Waals surface area contributed by atoms with Crippen LogP contribution < -0.4 is 5.32 Å². The quantitative estimate of drug-likeness (QED) is 0.708. The molecule has 1 aliphatic heterocycles. The Morgan fingerprint density at radius 2 is 2.23 bits per heavy atom. The standard InChI is InChI=1S/C10H18ClNO/c1-7-9(3-6-13-7)12-8(2)10(11)4-5-10/h7-9,12H,3-6H2,1-2H3. The van der Waals surface area contributed by atoms with Crippen molar-refractivity contribution in [3.8, 4) is 0 Å². The number of hydrogen-bond acceptors (Lipinski definition) is 2. The molecule has 0 bridgehead atoms. The molecule has 0 aromatic carbocycles. The molecular weight excluding hydrogens is 186 g/mol. The SMILES string of the molecule is CC1OCCC1NC(C)C1(Cl)CC1. The van der Waals surface area contributed by atoms with Crippen molar-refractivity contribution in [2.45, 2.75) is 56.2 Å². The normalized spacial score (nSPS) is 39.0. The van der Waals surface area contributed by atoms with Crippen molar-refractivity contribution in [2.24, 2.45) is 0 Å². The molecule has 0 aromatic rings. The van der Waals surface area contributed by atoms with Crippen molar-refractivity contribution in [1.29, 1.82) is 0 Å². The first-order valence-electron chi connectivity index (χ1n) is 5.18. The van der Waals surface area contributed by atoms with Crippen molar-refractivity contribution in [2.75, 3.05) is 6.61 Å². The number of nitrogens with one attached hydrogen (secondary N) is 1. The molecule has 3 heteroatoms. The van der Waals surface area contributed by atoms with E-state index >= 15 is 0 Å². The van der Waals surface area contributed by atoms with Gasteiger partial charge in [0.2, 0.25) is 0 Å². The second-order valence-corrected chi connectivity index (χ2v) is 5.15. The lowest BCUT2D eigenvalue weighted by Gasteiger charge is -2.24. The Morgan fingerprint density at radius 1 is 1.54 bits per heavy atom. The van der Waals surface area contributed by atoms with Gasteiger partial charge in [-0.05, 0) is 33.1 Å². The summed E-state index contributed by atoms with van der Waals surface area (Å²) in [5.41, 5.74) is 0. The molecule has 0 amide bonds. The zero-order valence-electron chi connectivity index (χ0n) is 8.35. The van der Waals surface area contributed by atoms with Crippen molar-refractivity contribution in [1.82, 2.24) is 5.32 Å². The Balaban J connectivity index is 1.83. The number of rotatable bonds is 3. The molecule has 1 saturated heterocycles. The highest BCUT2D eigenvalue weighted by Crippen LogP contribution is 2.45. The first-order valence-corrected chi connectivity index (χ1v) is 5.56. The average Bonchev–Trinajstić information content (AvgIpc) is 2.72. The van der Waals surface area contributed by atoms with Crippen LogP contribution in [0.25, 0.3) is 0 Å². The largest absolute Gasteiger partial charge is 0.377 e. The van der Waals surface area contributed by atoms with Gasteiger partial charge in [-0.25, -0.2) is 0 Å². The first kappa shape index (κ1) is 9.75. The molecule has 0 radical (unpaired) electrons. The summed E-state index contributed by atoms with van der Waals surface area (Å²) >= 11 is 6.32. The van der Waals surface area contributed by atoms with E-state index in [9.17, 15) is 0 Å². The summed E-state index contributed by atoms with van der Waals surface area (Å²) in [6.07, 6.45) is 3.79. The average molecular weight is 204 g/mol. The minimum Gasteiger partial charge on any atom is -0.377 e. The molecule has 0 aromatic heterocycles. The highest BCUT2D eigenvalue weighted by molar-refractivity contribution is 6.26. The molecule has 2 rings (SSSR count). The molecule has 1 N–H and O–H groups in total. The fraction of sp³-hybridized carbons (Fsp3) is 1.00. The molecule has 0 spiro atoms. The maximum absolute atomic E-state index is 6.32. The molecule has 2 nitrogen and oxygen atoms in total. The zero-order valence-corrected chi connectivity index (χ0v) is 9.10. The Bertz CT molecular complexity index is 193. The van der Waals surface area contributed by atoms with Crippen molar-refractivity contribution in [3.05, 3.63) is 0 Å². The lowest BCUT2D eigenvalue weighted by molar-refractivity contribution is 0.111. The van der Waals surface area contributed by atoms with Gasteiger partial charge in [-0.3, -0.25) is 0 Å². The molecule has 3 unspecified atom stereocenters. The third-order valence-electron chi connectivity index (χ3n) is 3.34. The van der Waals surface area contributed by atoms with Gasteiger partial charge in [0, 0.05) is 18.7 Å². The second kappa shape index (κ2) is 3.41. The maximum atomic E-state index is 6.32. The predicted octanol–water partition coefficient (Wildman–Crippen LogP) is 1.91. The molecule has 2 aliphatic rings. The molecule has 76 valence electrons. The van der Waals surface area contributed by atoms with Gasteiger partial charge in [0.1, 0.15) is 0 Å². The topological polar surface area (TPSA) is 21.3 Å². The van der Waals surface area contributed by atoms with Gasteiger partial charge in [0.05, 0.1) is 11.0 Å². The maximum Gasteiger partial charge on any atom is 0.0700 e. The number of alkyl halides is 1. The zero-order chi connectivity index (χ0) is 9.47. The number of ether oxygens (including phenoxy) is 1. The van der Waals surface area contributed by atoms with Gasteiger partial charge in [-0.15, -0.1) is 11.6 Å². The van der Waals surface area contributed by atoms with Crippen LogP contribution in [-0.2, 0) is 4.74 Å². The van der Waals surface area contributed by atoms with Crippen LogP contribution >= 0.6 is 11.6 Å². The molecule has 2 fully saturated rings. The van der Waals surface area contributed by atoms with Crippen LogP contribution in [0.1, 0.15) is 33.1 Å². The summed E-state index contributed by atoms with van der Waals surface area (Å²) in [6.45, 7) is 5.21. The number of halogens is 1. The summed E-state index contributed by atoms with van der Waals surface area (Å²) in [7, 11) is 0. The minimum absolute atomic E-state index is 0.0578. The van der Waals surface area contributed by atoms with E-state index in [2.05, 4.69) is 19.2 Å². The Labute approximate surface area is 85.0 Å². The van der Waals surface area contributed by atoms with E-state index in [1.807, 2.05) is 0 Å². The summed E-state index contributed by atoms with van der Waals surface area (Å²) in [4.78, 5) is 0.0578. The third kappa shape index (κ3) is 2.00. The lowest BCUT2D eigenvalue weighted by Crippen LogP contribution is -2.45. The summed E-state index contributed by atoms with van der Waals surface area (Å²) in [6, 6.07) is 0.926. The molecule has 1 aliphatic carbocycles. The van der Waals surface area contributed by atoms with E-state index in [4.69, 9.17) is 16.3 Å². The van der Waals surface area contributed by atoms with E-state index in [1.54, 1.807) is 0 Å². The lowest BCUT2D eigenvalue weighted by atomic mass is 10.1. The van der Waals surface area contributed by atoms with Gasteiger partial charge in [0.15, 0.2) is 0 Å². The van der Waals surface area contributed by atoms with Crippen LogP contribution in [0.15, 0.2) is 0 Å². The van der Waals surface area contributed by atoms with E-state index in [0.29, 0.717) is 18.2 Å². The summed E-state index contributed by atoms with van der Waals surface area (Å²) in [5, 5.41) is 3.57. The van der Waals surface area contributed by atoms with E-state index in [-0.39, 0.29) is 4.87 Å². The van der Waals surface area contributed by atoms with Crippen LogP contribution in [0.2, 0.25) is 0 Å². The van der Waals surface area contributed by atoms with E-state index in [0.717, 1.165) is 25.9 Å². The van der Waals surface area contributed by atoms with Gasteiger partial charge in [-0.1, -0.05) is 0 Å². The van der Waals surface area contributed by atoms with E-state index < -0.39 is 0 Å². The molecule has 13 heavy (non-hydrogen) atoms. The predicted molar refractivity (Wildman–Crippen MR) is 54.2 cm³/mol. The third-order valence-corrected chi connectivity index (χ3v) is 4.05. The summed E-state index contributed by atoms with van der Waals surface area (Å²) in [5.74, 6) is 0.